The van der Waals surface area contributed by atoms with Crippen molar-refractivity contribution < 1.29 is 9.90 Å². The molecule has 0 radical (unpaired) electrons. The molecule has 0 aromatic rings. The topological polar surface area (TPSA) is 52.6 Å². The SMILES string of the molecule is CNC1(CC(=O)O)CCN(C)C(C)C1. The maximum Gasteiger partial charge on any atom is 0.305 e. The van der Waals surface area contributed by atoms with Gasteiger partial charge in [-0.15, -0.1) is 0 Å². The number of likely N-dealkylation sites (tertiary alicyclic amines) is 1. The Kier molecular flexibility index (Phi) is 3.50. The summed E-state index contributed by atoms with van der Waals surface area (Å²) in [7, 11) is 3.95. The van der Waals surface area contributed by atoms with Crippen LogP contribution < -0.4 is 5.32 Å². The normalized spacial score (nSPS) is 34.4. The molecule has 0 aromatic carbocycles. The summed E-state index contributed by atoms with van der Waals surface area (Å²) in [5.41, 5.74) is -0.197. The quantitative estimate of drug-likeness (QED) is 0.698. The summed E-state index contributed by atoms with van der Waals surface area (Å²) in [6.45, 7) is 3.11. The first-order valence-corrected chi connectivity index (χ1v) is 5.10. The van der Waals surface area contributed by atoms with Gasteiger partial charge < -0.3 is 15.3 Å². The van der Waals surface area contributed by atoms with Crippen molar-refractivity contribution in [1.29, 1.82) is 0 Å². The van der Waals surface area contributed by atoms with Crippen molar-refractivity contribution in [3.8, 4) is 0 Å². The molecule has 0 spiro atoms. The molecule has 0 aliphatic carbocycles. The molecule has 2 atom stereocenters. The molecule has 82 valence electrons. The molecular formula is C10H20N2O2. The van der Waals surface area contributed by atoms with Gasteiger partial charge in [0.25, 0.3) is 0 Å². The number of hydrogen-bond acceptors (Lipinski definition) is 3. The van der Waals surface area contributed by atoms with Crippen molar-refractivity contribution in [2.75, 3.05) is 20.6 Å². The van der Waals surface area contributed by atoms with Gasteiger partial charge in [-0.2, -0.15) is 0 Å². The van der Waals surface area contributed by atoms with Crippen LogP contribution in [0.2, 0.25) is 0 Å². The number of carboxylic acids is 1. The van der Waals surface area contributed by atoms with Crippen molar-refractivity contribution in [3.05, 3.63) is 0 Å². The average Bonchev–Trinajstić information content (AvgIpc) is 2.11. The van der Waals surface area contributed by atoms with Crippen LogP contribution in [0.25, 0.3) is 0 Å². The average molecular weight is 200 g/mol. The lowest BCUT2D eigenvalue weighted by molar-refractivity contribution is -0.139. The Balaban J connectivity index is 2.66. The van der Waals surface area contributed by atoms with Crippen LogP contribution in [0.3, 0.4) is 0 Å². The molecule has 0 amide bonds. The van der Waals surface area contributed by atoms with Crippen LogP contribution in [-0.4, -0.2) is 48.2 Å². The number of nitrogens with zero attached hydrogens (tertiary/aromatic N) is 1. The minimum Gasteiger partial charge on any atom is -0.481 e. The summed E-state index contributed by atoms with van der Waals surface area (Å²) in [6.07, 6.45) is 2.05. The number of carboxylic acid groups (broad SMARTS) is 1. The molecule has 4 heteroatoms. The predicted molar refractivity (Wildman–Crippen MR) is 55.4 cm³/mol. The van der Waals surface area contributed by atoms with Gasteiger partial charge in [0.2, 0.25) is 0 Å². The van der Waals surface area contributed by atoms with Gasteiger partial charge in [0.1, 0.15) is 0 Å². The zero-order chi connectivity index (χ0) is 10.8. The smallest absolute Gasteiger partial charge is 0.305 e. The summed E-state index contributed by atoms with van der Waals surface area (Å²) < 4.78 is 0. The van der Waals surface area contributed by atoms with Crippen LogP contribution in [0.5, 0.6) is 0 Å². The van der Waals surface area contributed by atoms with Gasteiger partial charge in [-0.3, -0.25) is 4.79 Å². The Labute approximate surface area is 85.3 Å². The van der Waals surface area contributed by atoms with Gasteiger partial charge in [0, 0.05) is 11.6 Å². The fourth-order valence-electron chi connectivity index (χ4n) is 2.20. The van der Waals surface area contributed by atoms with Crippen LogP contribution in [0.1, 0.15) is 26.2 Å². The minimum absolute atomic E-state index is 0.197. The van der Waals surface area contributed by atoms with Crippen LogP contribution >= 0.6 is 0 Å². The highest BCUT2D eigenvalue weighted by Crippen LogP contribution is 2.28. The summed E-state index contributed by atoms with van der Waals surface area (Å²) in [5.74, 6) is -0.712. The Morgan fingerprint density at radius 3 is 2.79 bits per heavy atom. The van der Waals surface area contributed by atoms with Crippen LogP contribution in [0.15, 0.2) is 0 Å². The van der Waals surface area contributed by atoms with E-state index in [2.05, 4.69) is 24.2 Å². The number of rotatable bonds is 3. The zero-order valence-corrected chi connectivity index (χ0v) is 9.21. The number of carbonyl (C=O) groups is 1. The molecule has 1 fully saturated rings. The fourth-order valence-corrected chi connectivity index (χ4v) is 2.20. The summed E-state index contributed by atoms with van der Waals surface area (Å²) in [5, 5.41) is 12.1. The second kappa shape index (κ2) is 4.28. The first kappa shape index (κ1) is 11.5. The second-order valence-corrected chi connectivity index (χ2v) is 4.38. The Morgan fingerprint density at radius 1 is 1.71 bits per heavy atom. The van der Waals surface area contributed by atoms with E-state index in [1.807, 2.05) is 7.05 Å². The van der Waals surface area contributed by atoms with Crippen LogP contribution in [-0.2, 0) is 4.79 Å². The summed E-state index contributed by atoms with van der Waals surface area (Å²) in [4.78, 5) is 13.0. The molecule has 1 aliphatic heterocycles. The molecular weight excluding hydrogens is 180 g/mol. The van der Waals surface area contributed by atoms with E-state index in [-0.39, 0.29) is 12.0 Å². The van der Waals surface area contributed by atoms with Gasteiger partial charge in [-0.1, -0.05) is 0 Å². The van der Waals surface area contributed by atoms with E-state index in [0.29, 0.717) is 6.04 Å². The Morgan fingerprint density at radius 2 is 2.36 bits per heavy atom. The van der Waals surface area contributed by atoms with E-state index < -0.39 is 5.97 Å². The Bertz CT molecular complexity index is 220. The number of hydrogen-bond donors (Lipinski definition) is 2. The van der Waals surface area contributed by atoms with Crippen molar-refractivity contribution in [2.24, 2.45) is 0 Å². The van der Waals surface area contributed by atoms with Crippen LogP contribution in [0.4, 0.5) is 0 Å². The molecule has 4 nitrogen and oxygen atoms in total. The van der Waals surface area contributed by atoms with Gasteiger partial charge in [0.05, 0.1) is 6.42 Å². The maximum absolute atomic E-state index is 10.8. The molecule has 1 rings (SSSR count). The molecule has 1 aliphatic rings. The molecule has 0 saturated carbocycles. The second-order valence-electron chi connectivity index (χ2n) is 4.38. The third kappa shape index (κ3) is 2.45. The predicted octanol–water partition coefficient (Wildman–Crippen LogP) is 0.533. The van der Waals surface area contributed by atoms with E-state index in [1.165, 1.54) is 0 Å². The highest BCUT2D eigenvalue weighted by atomic mass is 16.4. The molecule has 2 N–H and O–H groups in total. The molecule has 0 aromatic heterocycles. The zero-order valence-electron chi connectivity index (χ0n) is 9.21. The van der Waals surface area contributed by atoms with E-state index in [1.54, 1.807) is 0 Å². The van der Waals surface area contributed by atoms with Crippen molar-refractivity contribution in [1.82, 2.24) is 10.2 Å². The van der Waals surface area contributed by atoms with Crippen LogP contribution in [0, 0.1) is 0 Å². The monoisotopic (exact) mass is 200 g/mol. The van der Waals surface area contributed by atoms with Crippen molar-refractivity contribution >= 4 is 5.97 Å². The third-order valence-electron chi connectivity index (χ3n) is 3.40. The first-order valence-electron chi connectivity index (χ1n) is 5.10. The van der Waals surface area contributed by atoms with Gasteiger partial charge in [0.15, 0.2) is 0 Å². The number of nitrogens with one attached hydrogen (secondary N) is 1. The highest BCUT2D eigenvalue weighted by molar-refractivity contribution is 5.68. The fraction of sp³-hybridized carbons (Fsp3) is 0.900. The molecule has 2 unspecified atom stereocenters. The van der Waals surface area contributed by atoms with Crippen molar-refractivity contribution in [3.63, 3.8) is 0 Å². The highest BCUT2D eigenvalue weighted by Gasteiger charge is 2.37. The Hall–Kier alpha value is -0.610. The summed E-state index contributed by atoms with van der Waals surface area (Å²) >= 11 is 0. The number of aliphatic carboxylic acids is 1. The lowest BCUT2D eigenvalue weighted by atomic mass is 9.81. The maximum atomic E-state index is 10.8. The lowest BCUT2D eigenvalue weighted by Crippen LogP contribution is -2.55. The first-order chi connectivity index (χ1) is 6.49. The van der Waals surface area contributed by atoms with E-state index >= 15 is 0 Å². The largest absolute Gasteiger partial charge is 0.481 e. The van der Waals surface area contributed by atoms with Crippen molar-refractivity contribution in [2.45, 2.75) is 37.8 Å². The number of piperidine rings is 1. The van der Waals surface area contributed by atoms with E-state index in [9.17, 15) is 4.79 Å². The van der Waals surface area contributed by atoms with E-state index in [4.69, 9.17) is 5.11 Å². The third-order valence-corrected chi connectivity index (χ3v) is 3.40. The lowest BCUT2D eigenvalue weighted by Gasteiger charge is -2.43. The minimum atomic E-state index is -0.712. The molecule has 1 heterocycles. The van der Waals surface area contributed by atoms with Gasteiger partial charge in [-0.25, -0.2) is 0 Å². The van der Waals surface area contributed by atoms with Gasteiger partial charge >= 0.3 is 5.97 Å². The molecule has 14 heavy (non-hydrogen) atoms. The van der Waals surface area contributed by atoms with E-state index in [0.717, 1.165) is 19.4 Å². The molecule has 0 bridgehead atoms. The summed E-state index contributed by atoms with van der Waals surface area (Å²) in [6, 6.07) is 0.454. The molecule has 1 saturated heterocycles. The standard InChI is InChI=1S/C10H20N2O2/c1-8-6-10(11-2,7-9(13)14)4-5-12(8)3/h8,11H,4-7H2,1-3H3,(H,13,14). The van der Waals surface area contributed by atoms with Gasteiger partial charge in [-0.05, 0) is 40.4 Å².